The minimum atomic E-state index is -1.12. The second-order valence-electron chi connectivity index (χ2n) is 3.20. The Hall–Kier alpha value is -1.28. The molecule has 0 fully saturated rings. The van der Waals surface area contributed by atoms with Crippen molar-refractivity contribution in [3.8, 4) is 5.69 Å². The molecule has 1 heterocycles. The van der Waals surface area contributed by atoms with Crippen LogP contribution in [-0.2, 0) is 0 Å². The van der Waals surface area contributed by atoms with Gasteiger partial charge in [-0.1, -0.05) is 11.6 Å². The quantitative estimate of drug-likeness (QED) is 0.805. The monoisotopic (exact) mass is 363 g/mol. The van der Waals surface area contributed by atoms with Crippen molar-refractivity contribution in [3.63, 3.8) is 0 Å². The number of amides is 1. The fourth-order valence-corrected chi connectivity index (χ4v) is 1.98. The maximum absolute atomic E-state index is 10.5. The molecule has 7 heteroatoms. The number of nitrogens with one attached hydrogen (secondary N) is 1. The summed E-state index contributed by atoms with van der Waals surface area (Å²) in [5.41, 5.74) is 1.12. The lowest BCUT2D eigenvalue weighted by atomic mass is 10.3. The van der Waals surface area contributed by atoms with Crippen LogP contribution in [0.25, 0.3) is 5.69 Å². The molecule has 17 heavy (non-hydrogen) atoms. The van der Waals surface area contributed by atoms with E-state index in [2.05, 4.69) is 33.0 Å². The number of anilines is 1. The molecule has 0 saturated heterocycles. The lowest BCUT2D eigenvalue weighted by Gasteiger charge is -2.06. The van der Waals surface area contributed by atoms with Gasteiger partial charge < -0.3 is 5.11 Å². The highest BCUT2D eigenvalue weighted by Gasteiger charge is 2.06. The lowest BCUT2D eigenvalue weighted by molar-refractivity contribution is 0.210. The van der Waals surface area contributed by atoms with Gasteiger partial charge in [0.2, 0.25) is 0 Å². The first kappa shape index (κ1) is 12.2. The zero-order valence-corrected chi connectivity index (χ0v) is 11.3. The maximum atomic E-state index is 10.5. The molecule has 2 N–H and O–H groups in total. The number of benzene rings is 1. The van der Waals surface area contributed by atoms with Crippen LogP contribution >= 0.6 is 34.2 Å². The van der Waals surface area contributed by atoms with Gasteiger partial charge in [0.05, 0.1) is 20.5 Å². The predicted molar refractivity (Wildman–Crippen MR) is 72.9 cm³/mol. The van der Waals surface area contributed by atoms with Crippen molar-refractivity contribution in [1.29, 1.82) is 0 Å². The molecule has 0 aliphatic carbocycles. The average Bonchev–Trinajstić information content (AvgIpc) is 2.64. The van der Waals surface area contributed by atoms with E-state index in [9.17, 15) is 4.79 Å². The van der Waals surface area contributed by atoms with Gasteiger partial charge in [-0.3, -0.25) is 5.32 Å². The van der Waals surface area contributed by atoms with Crippen LogP contribution in [-0.4, -0.2) is 21.0 Å². The summed E-state index contributed by atoms with van der Waals surface area (Å²) < 4.78 is 2.63. The van der Waals surface area contributed by atoms with E-state index in [-0.39, 0.29) is 0 Å². The molecule has 5 nitrogen and oxygen atoms in total. The molecule has 88 valence electrons. The Morgan fingerprint density at radius 2 is 2.29 bits per heavy atom. The van der Waals surface area contributed by atoms with Crippen molar-refractivity contribution in [2.45, 2.75) is 0 Å². The van der Waals surface area contributed by atoms with Gasteiger partial charge in [-0.15, -0.1) is 0 Å². The highest BCUT2D eigenvalue weighted by Crippen LogP contribution is 2.24. The summed E-state index contributed by atoms with van der Waals surface area (Å²) in [4.78, 5) is 10.5. The molecule has 0 bridgehead atoms. The third-order valence-electron chi connectivity index (χ3n) is 2.00. The second-order valence-corrected chi connectivity index (χ2v) is 4.85. The number of rotatable bonds is 2. The summed E-state index contributed by atoms with van der Waals surface area (Å²) >= 11 is 8.21. The van der Waals surface area contributed by atoms with Gasteiger partial charge in [0.25, 0.3) is 0 Å². The first-order valence-electron chi connectivity index (χ1n) is 4.56. The lowest BCUT2D eigenvalue weighted by Crippen LogP contribution is -2.07. The Labute approximate surface area is 116 Å². The van der Waals surface area contributed by atoms with Crippen LogP contribution in [0.4, 0.5) is 10.5 Å². The van der Waals surface area contributed by atoms with E-state index in [0.717, 1.165) is 3.57 Å². The topological polar surface area (TPSA) is 67.2 Å². The van der Waals surface area contributed by atoms with Crippen molar-refractivity contribution < 1.29 is 9.90 Å². The van der Waals surface area contributed by atoms with E-state index in [4.69, 9.17) is 16.7 Å². The van der Waals surface area contributed by atoms with Crippen LogP contribution in [0.2, 0.25) is 5.02 Å². The molecular weight excluding hydrogens is 356 g/mol. The molecule has 2 rings (SSSR count). The molecule has 0 aliphatic rings. The van der Waals surface area contributed by atoms with Crippen molar-refractivity contribution >= 4 is 46.0 Å². The molecule has 2 aromatic rings. The first-order chi connectivity index (χ1) is 8.06. The van der Waals surface area contributed by atoms with Crippen LogP contribution in [0.15, 0.2) is 30.6 Å². The number of carboxylic acid groups (broad SMARTS) is 1. The van der Waals surface area contributed by atoms with Gasteiger partial charge in [-0.2, -0.15) is 5.10 Å². The Morgan fingerprint density at radius 3 is 2.82 bits per heavy atom. The molecule has 0 radical (unpaired) electrons. The Bertz CT molecular complexity index is 570. The number of carbonyl (C=O) groups is 1. The minimum Gasteiger partial charge on any atom is -0.465 e. The normalized spacial score (nSPS) is 10.2. The first-order valence-corrected chi connectivity index (χ1v) is 6.02. The third kappa shape index (κ3) is 2.89. The summed E-state index contributed by atoms with van der Waals surface area (Å²) in [6, 6.07) is 4.88. The molecule has 0 spiro atoms. The average molecular weight is 364 g/mol. The van der Waals surface area contributed by atoms with Gasteiger partial charge in [-0.25, -0.2) is 9.48 Å². The molecule has 1 aromatic heterocycles. The Kier molecular flexibility index (Phi) is 3.53. The van der Waals surface area contributed by atoms with E-state index >= 15 is 0 Å². The number of aromatic nitrogens is 2. The van der Waals surface area contributed by atoms with Gasteiger partial charge in [0.15, 0.2) is 0 Å². The van der Waals surface area contributed by atoms with Crippen LogP contribution in [0.1, 0.15) is 0 Å². The predicted octanol–water partition coefficient (Wildman–Crippen LogP) is 3.22. The number of hydrogen-bond donors (Lipinski definition) is 2. The van der Waals surface area contributed by atoms with E-state index in [1.54, 1.807) is 29.1 Å². The summed E-state index contributed by atoms with van der Waals surface area (Å²) in [6.45, 7) is 0. The van der Waals surface area contributed by atoms with Crippen molar-refractivity contribution in [2.24, 2.45) is 0 Å². The molecule has 0 aliphatic heterocycles. The van der Waals surface area contributed by atoms with Crippen LogP contribution in [0, 0.1) is 3.57 Å². The molecule has 0 unspecified atom stereocenters. The number of nitrogens with zero attached hydrogens (tertiary/aromatic N) is 2. The van der Waals surface area contributed by atoms with Crippen LogP contribution in [0.3, 0.4) is 0 Å². The van der Waals surface area contributed by atoms with Crippen molar-refractivity contribution in [3.05, 3.63) is 39.2 Å². The van der Waals surface area contributed by atoms with Crippen molar-refractivity contribution in [1.82, 2.24) is 9.78 Å². The molecule has 0 atom stereocenters. The van der Waals surface area contributed by atoms with Crippen LogP contribution < -0.4 is 5.32 Å². The van der Waals surface area contributed by atoms with E-state index < -0.39 is 6.09 Å². The highest BCUT2D eigenvalue weighted by molar-refractivity contribution is 14.1. The van der Waals surface area contributed by atoms with E-state index in [0.29, 0.717) is 16.4 Å². The van der Waals surface area contributed by atoms with E-state index in [1.807, 2.05) is 6.20 Å². The molecular formula is C10H7ClIN3O2. The Balaban J connectivity index is 2.34. The summed E-state index contributed by atoms with van der Waals surface area (Å²) in [7, 11) is 0. The van der Waals surface area contributed by atoms with E-state index in [1.165, 1.54) is 0 Å². The van der Waals surface area contributed by atoms with Crippen LogP contribution in [0.5, 0.6) is 0 Å². The van der Waals surface area contributed by atoms with Crippen molar-refractivity contribution in [2.75, 3.05) is 5.32 Å². The van der Waals surface area contributed by atoms with Gasteiger partial charge >= 0.3 is 6.09 Å². The largest absolute Gasteiger partial charge is 0.465 e. The zero-order valence-electron chi connectivity index (χ0n) is 8.39. The molecule has 0 saturated carbocycles. The SMILES string of the molecule is O=C(O)Nc1ccc(-n2cc(I)cn2)c(Cl)c1. The standard InChI is InChI=1S/C10H7ClIN3O2/c11-8-3-7(14-10(16)17)1-2-9(8)15-5-6(12)4-13-15/h1-5,14H,(H,16,17). The number of halogens is 2. The summed E-state index contributed by atoms with van der Waals surface area (Å²) in [5.74, 6) is 0. The fourth-order valence-electron chi connectivity index (χ4n) is 1.33. The zero-order chi connectivity index (χ0) is 12.4. The summed E-state index contributed by atoms with van der Waals surface area (Å²) in [6.07, 6.45) is 2.41. The Morgan fingerprint density at radius 1 is 1.53 bits per heavy atom. The smallest absolute Gasteiger partial charge is 0.409 e. The molecule has 1 aromatic carbocycles. The summed E-state index contributed by atoms with van der Waals surface area (Å²) in [5, 5.41) is 15.4. The fraction of sp³-hybridized carbons (Fsp3) is 0. The van der Waals surface area contributed by atoms with Gasteiger partial charge in [0.1, 0.15) is 0 Å². The van der Waals surface area contributed by atoms with Gasteiger partial charge in [0, 0.05) is 11.9 Å². The maximum Gasteiger partial charge on any atom is 0.409 e. The second kappa shape index (κ2) is 4.92. The third-order valence-corrected chi connectivity index (χ3v) is 2.86. The minimum absolute atomic E-state index is 0.424. The van der Waals surface area contributed by atoms with Gasteiger partial charge in [-0.05, 0) is 40.8 Å². The highest BCUT2D eigenvalue weighted by atomic mass is 127. The number of hydrogen-bond acceptors (Lipinski definition) is 2. The molecule has 1 amide bonds.